The van der Waals surface area contributed by atoms with Crippen LogP contribution in [0.1, 0.15) is 30.4 Å². The number of hydrogen-bond acceptors (Lipinski definition) is 5. The highest BCUT2D eigenvalue weighted by Gasteiger charge is 2.51. The van der Waals surface area contributed by atoms with Gasteiger partial charge in [0.25, 0.3) is 0 Å². The predicted molar refractivity (Wildman–Crippen MR) is 112 cm³/mol. The van der Waals surface area contributed by atoms with Gasteiger partial charge < -0.3 is 9.84 Å². The van der Waals surface area contributed by atoms with Crippen molar-refractivity contribution in [3.63, 3.8) is 0 Å². The number of allylic oxidation sites excluding steroid dienone is 1. The van der Waals surface area contributed by atoms with Crippen molar-refractivity contribution in [2.75, 3.05) is 12.4 Å². The molecule has 1 amide bonds. The Labute approximate surface area is 178 Å². The summed E-state index contributed by atoms with van der Waals surface area (Å²) < 4.78 is 5.46. The number of fused-ring (bicyclic) bond motifs is 1. The number of nitriles is 1. The Morgan fingerprint density at radius 3 is 2.59 bits per heavy atom. The Balaban J connectivity index is 1.73. The van der Waals surface area contributed by atoms with Crippen LogP contribution in [0.3, 0.4) is 0 Å². The molecule has 0 saturated carbocycles. The maximum atomic E-state index is 13.1. The number of thioether (sulfide) groups is 1. The molecule has 0 spiro atoms. The molecule has 29 heavy (non-hydrogen) atoms. The summed E-state index contributed by atoms with van der Waals surface area (Å²) in [6.07, 6.45) is 0.119. The van der Waals surface area contributed by atoms with Gasteiger partial charge in [0.1, 0.15) is 5.75 Å². The van der Waals surface area contributed by atoms with E-state index in [4.69, 9.17) is 16.3 Å². The van der Waals surface area contributed by atoms with Crippen LogP contribution in [-0.2, 0) is 10.5 Å². The minimum absolute atomic E-state index is 0.119. The van der Waals surface area contributed by atoms with Crippen molar-refractivity contribution in [2.24, 2.45) is 0 Å². The van der Waals surface area contributed by atoms with Gasteiger partial charge in [0.05, 0.1) is 29.0 Å². The number of ether oxygens (including phenoxy) is 1. The molecule has 5 nitrogen and oxygen atoms in total. The molecule has 2 atom stereocenters. The topological polar surface area (TPSA) is 73.6 Å². The maximum Gasteiger partial charge on any atom is 0.231 e. The molecule has 2 aromatic rings. The van der Waals surface area contributed by atoms with E-state index in [9.17, 15) is 15.2 Å². The van der Waals surface area contributed by atoms with Crippen LogP contribution in [0.4, 0.5) is 0 Å². The van der Waals surface area contributed by atoms with Crippen molar-refractivity contribution in [3.8, 4) is 11.8 Å². The Bertz CT molecular complexity index is 1010. The second kappa shape index (κ2) is 7.75. The first-order chi connectivity index (χ1) is 14.0. The fourth-order valence-corrected chi connectivity index (χ4v) is 5.29. The standard InChI is InChI=1S/C22H19ClN2O3S/c1-2-28-17-9-5-15(6-10-17)22(27)13-29-21-19(12-24)18(11-20(26)25(21)22)14-3-7-16(23)8-4-14/h3-10,18,27H,2,11,13H2,1H3/t18-,22-/m1/s1. The Hall–Kier alpha value is -2.46. The molecule has 1 saturated heterocycles. The van der Waals surface area contributed by atoms with E-state index in [1.54, 1.807) is 36.4 Å². The molecule has 1 N–H and O–H groups in total. The molecule has 0 aromatic heterocycles. The molecular formula is C22H19ClN2O3S. The molecule has 0 radical (unpaired) electrons. The molecular weight excluding hydrogens is 408 g/mol. The van der Waals surface area contributed by atoms with Crippen LogP contribution >= 0.6 is 23.4 Å². The number of rotatable bonds is 4. The van der Waals surface area contributed by atoms with E-state index >= 15 is 0 Å². The highest BCUT2D eigenvalue weighted by molar-refractivity contribution is 8.03. The second-order valence-corrected chi connectivity index (χ2v) is 8.33. The van der Waals surface area contributed by atoms with E-state index in [1.165, 1.54) is 16.7 Å². The molecule has 0 aliphatic carbocycles. The smallest absolute Gasteiger partial charge is 0.231 e. The summed E-state index contributed by atoms with van der Waals surface area (Å²) in [5.74, 6) is 0.416. The van der Waals surface area contributed by atoms with Crippen LogP contribution in [0.25, 0.3) is 0 Å². The normalized spacial score (nSPS) is 23.7. The zero-order valence-corrected chi connectivity index (χ0v) is 17.3. The quantitative estimate of drug-likeness (QED) is 0.785. The van der Waals surface area contributed by atoms with Crippen molar-refractivity contribution in [3.05, 3.63) is 75.3 Å². The number of carbonyl (C=O) groups is 1. The molecule has 7 heteroatoms. The van der Waals surface area contributed by atoms with E-state index in [-0.39, 0.29) is 24.0 Å². The zero-order valence-electron chi connectivity index (χ0n) is 15.8. The maximum absolute atomic E-state index is 13.1. The van der Waals surface area contributed by atoms with Gasteiger partial charge in [0.15, 0.2) is 5.72 Å². The number of carbonyl (C=O) groups excluding carboxylic acids is 1. The van der Waals surface area contributed by atoms with E-state index in [0.29, 0.717) is 33.5 Å². The van der Waals surface area contributed by atoms with Crippen molar-refractivity contribution < 1.29 is 14.6 Å². The second-order valence-electron chi connectivity index (χ2n) is 6.93. The van der Waals surface area contributed by atoms with Crippen LogP contribution in [0.5, 0.6) is 5.75 Å². The Morgan fingerprint density at radius 1 is 1.28 bits per heavy atom. The number of nitrogens with zero attached hydrogens (tertiary/aromatic N) is 2. The molecule has 0 bridgehead atoms. The van der Waals surface area contributed by atoms with Gasteiger partial charge in [-0.2, -0.15) is 5.26 Å². The van der Waals surface area contributed by atoms with Crippen LogP contribution in [0.15, 0.2) is 59.1 Å². The van der Waals surface area contributed by atoms with Crippen molar-refractivity contribution in [2.45, 2.75) is 25.0 Å². The first kappa shape index (κ1) is 19.8. The fraction of sp³-hybridized carbons (Fsp3) is 0.273. The molecule has 2 heterocycles. The van der Waals surface area contributed by atoms with E-state index in [0.717, 1.165) is 5.56 Å². The third-order valence-corrected chi connectivity index (χ3v) is 6.69. The number of benzene rings is 2. The number of amides is 1. The van der Waals surface area contributed by atoms with Crippen molar-refractivity contribution in [1.82, 2.24) is 4.90 Å². The van der Waals surface area contributed by atoms with E-state index in [1.807, 2.05) is 19.1 Å². The monoisotopic (exact) mass is 426 g/mol. The van der Waals surface area contributed by atoms with Crippen molar-refractivity contribution >= 4 is 29.3 Å². The summed E-state index contributed by atoms with van der Waals surface area (Å²) >= 11 is 7.31. The summed E-state index contributed by atoms with van der Waals surface area (Å²) in [5, 5.41) is 22.4. The van der Waals surface area contributed by atoms with Gasteiger partial charge in [-0.25, -0.2) is 0 Å². The average Bonchev–Trinajstić information content (AvgIpc) is 3.08. The third-order valence-electron chi connectivity index (χ3n) is 5.21. The van der Waals surface area contributed by atoms with Crippen LogP contribution in [-0.4, -0.2) is 28.3 Å². The first-order valence-corrected chi connectivity index (χ1v) is 10.7. The van der Waals surface area contributed by atoms with Gasteiger partial charge in [0.2, 0.25) is 5.91 Å². The summed E-state index contributed by atoms with van der Waals surface area (Å²) in [5.41, 5.74) is 0.468. The summed E-state index contributed by atoms with van der Waals surface area (Å²) in [7, 11) is 0. The lowest BCUT2D eigenvalue weighted by molar-refractivity contribution is -0.149. The summed E-state index contributed by atoms with van der Waals surface area (Å²) in [4.78, 5) is 14.5. The minimum Gasteiger partial charge on any atom is -0.494 e. The molecule has 2 aromatic carbocycles. The Kier molecular flexibility index (Phi) is 5.30. The van der Waals surface area contributed by atoms with E-state index in [2.05, 4.69) is 6.07 Å². The lowest BCUT2D eigenvalue weighted by Gasteiger charge is -2.38. The third kappa shape index (κ3) is 3.40. The molecule has 1 fully saturated rings. The zero-order chi connectivity index (χ0) is 20.6. The van der Waals surface area contributed by atoms with E-state index < -0.39 is 5.72 Å². The lowest BCUT2D eigenvalue weighted by atomic mass is 9.85. The van der Waals surface area contributed by atoms with Gasteiger partial charge >= 0.3 is 0 Å². The van der Waals surface area contributed by atoms with Gasteiger partial charge in [-0.05, 0) is 36.8 Å². The van der Waals surface area contributed by atoms with Crippen molar-refractivity contribution in [1.29, 1.82) is 5.26 Å². The lowest BCUT2D eigenvalue weighted by Crippen LogP contribution is -2.48. The molecule has 2 aliphatic rings. The Morgan fingerprint density at radius 2 is 1.97 bits per heavy atom. The largest absolute Gasteiger partial charge is 0.494 e. The van der Waals surface area contributed by atoms with Gasteiger partial charge in [-0.3, -0.25) is 9.69 Å². The number of halogens is 1. The summed E-state index contributed by atoms with van der Waals surface area (Å²) in [6, 6.07) is 16.5. The van der Waals surface area contributed by atoms with Gasteiger partial charge in [0, 0.05) is 22.9 Å². The average molecular weight is 427 g/mol. The molecule has 2 aliphatic heterocycles. The molecule has 148 valence electrons. The minimum atomic E-state index is -1.49. The fourth-order valence-electron chi connectivity index (χ4n) is 3.80. The number of aliphatic hydroxyl groups is 1. The highest BCUT2D eigenvalue weighted by atomic mass is 35.5. The van der Waals surface area contributed by atoms with Gasteiger partial charge in [-0.15, -0.1) is 11.8 Å². The van der Waals surface area contributed by atoms with Crippen LogP contribution < -0.4 is 4.74 Å². The number of hydrogen-bond donors (Lipinski definition) is 1. The molecule has 0 unspecified atom stereocenters. The van der Waals surface area contributed by atoms with Crippen LogP contribution in [0.2, 0.25) is 5.02 Å². The van der Waals surface area contributed by atoms with Crippen LogP contribution in [0, 0.1) is 11.3 Å². The summed E-state index contributed by atoms with van der Waals surface area (Å²) in [6.45, 7) is 2.45. The molecule has 4 rings (SSSR count). The first-order valence-electron chi connectivity index (χ1n) is 9.29. The predicted octanol–water partition coefficient (Wildman–Crippen LogP) is 4.38. The SMILES string of the molecule is CCOc1ccc([C@]2(O)CSC3=C(C#N)[C@@H](c4ccc(Cl)cc4)CC(=O)N32)cc1. The highest BCUT2D eigenvalue weighted by Crippen LogP contribution is 2.51. The van der Waals surface area contributed by atoms with Gasteiger partial charge in [-0.1, -0.05) is 35.9 Å².